The number of nitrogens with zero attached hydrogens (tertiary/aromatic N) is 2. The molecule has 0 aliphatic carbocycles. The fourth-order valence-corrected chi connectivity index (χ4v) is 3.31. The first-order valence-corrected chi connectivity index (χ1v) is 10.6. The molecule has 1 fully saturated rings. The SMILES string of the molecule is CCC(C)C1CC(=O)N(C)C1.CCc1ccccc1.Cc1ccc(C#N)c(Cl)c1. The summed E-state index contributed by atoms with van der Waals surface area (Å²) >= 11 is 5.71. The first-order chi connectivity index (χ1) is 13.8. The Morgan fingerprint density at radius 3 is 2.28 bits per heavy atom. The van der Waals surface area contributed by atoms with Gasteiger partial charge in [0.2, 0.25) is 5.91 Å². The molecule has 3 rings (SSSR count). The molecule has 2 aromatic rings. The van der Waals surface area contributed by atoms with E-state index in [1.54, 1.807) is 12.1 Å². The lowest BCUT2D eigenvalue weighted by atomic mass is 9.91. The molecule has 1 aliphatic rings. The minimum Gasteiger partial charge on any atom is -0.345 e. The van der Waals surface area contributed by atoms with E-state index >= 15 is 0 Å². The van der Waals surface area contributed by atoms with E-state index in [0.717, 1.165) is 24.9 Å². The van der Waals surface area contributed by atoms with Gasteiger partial charge >= 0.3 is 0 Å². The summed E-state index contributed by atoms with van der Waals surface area (Å²) in [6.45, 7) is 9.49. The summed E-state index contributed by atoms with van der Waals surface area (Å²) in [4.78, 5) is 13.0. The molecule has 2 aromatic carbocycles. The molecule has 2 atom stereocenters. The van der Waals surface area contributed by atoms with Crippen molar-refractivity contribution in [1.29, 1.82) is 5.26 Å². The van der Waals surface area contributed by atoms with E-state index in [1.165, 1.54) is 12.0 Å². The molecule has 2 unspecified atom stereocenters. The van der Waals surface area contributed by atoms with Gasteiger partial charge in [-0.1, -0.05) is 75.2 Å². The predicted octanol–water partition coefficient (Wildman–Crippen LogP) is 6.28. The van der Waals surface area contributed by atoms with Crippen molar-refractivity contribution in [2.75, 3.05) is 13.6 Å². The smallest absolute Gasteiger partial charge is 0.222 e. The number of aryl methyl sites for hydroxylation is 2. The number of nitriles is 1. The van der Waals surface area contributed by atoms with Crippen molar-refractivity contribution in [3.63, 3.8) is 0 Å². The zero-order valence-corrected chi connectivity index (χ0v) is 19.0. The number of halogens is 1. The van der Waals surface area contributed by atoms with Crippen LogP contribution in [0.1, 0.15) is 50.3 Å². The van der Waals surface area contributed by atoms with E-state index in [2.05, 4.69) is 45.0 Å². The van der Waals surface area contributed by atoms with E-state index in [-0.39, 0.29) is 0 Å². The molecule has 29 heavy (non-hydrogen) atoms. The van der Waals surface area contributed by atoms with Crippen molar-refractivity contribution in [3.05, 3.63) is 70.2 Å². The number of rotatable bonds is 3. The van der Waals surface area contributed by atoms with Crippen molar-refractivity contribution < 1.29 is 4.79 Å². The van der Waals surface area contributed by atoms with Gasteiger partial charge in [-0.2, -0.15) is 5.26 Å². The van der Waals surface area contributed by atoms with Crippen LogP contribution in [-0.2, 0) is 11.2 Å². The third-order valence-corrected chi connectivity index (χ3v) is 5.63. The Morgan fingerprint density at radius 1 is 1.21 bits per heavy atom. The van der Waals surface area contributed by atoms with E-state index < -0.39 is 0 Å². The Morgan fingerprint density at radius 2 is 1.86 bits per heavy atom. The molecule has 0 saturated carbocycles. The summed E-state index contributed by atoms with van der Waals surface area (Å²) in [6, 6.07) is 17.8. The first-order valence-electron chi connectivity index (χ1n) is 10.3. The van der Waals surface area contributed by atoms with Crippen LogP contribution < -0.4 is 0 Å². The van der Waals surface area contributed by atoms with Gasteiger partial charge in [-0.25, -0.2) is 0 Å². The van der Waals surface area contributed by atoms with Crippen LogP contribution in [0, 0.1) is 30.1 Å². The Balaban J connectivity index is 0.000000220. The average molecular weight is 413 g/mol. The summed E-state index contributed by atoms with van der Waals surface area (Å²) in [6.07, 6.45) is 3.10. The van der Waals surface area contributed by atoms with Crippen LogP contribution in [0.15, 0.2) is 48.5 Å². The molecule has 0 spiro atoms. The molecular formula is C25H33ClN2O. The second kappa shape index (κ2) is 13.0. The number of amides is 1. The monoisotopic (exact) mass is 412 g/mol. The van der Waals surface area contributed by atoms with Gasteiger partial charge in [0.25, 0.3) is 0 Å². The molecule has 1 heterocycles. The standard InChI is InChI=1S/C9H17NO.C8H6ClN.C8H10/c1-4-7(2)8-5-9(11)10(3)6-8;1-6-2-3-7(5-10)8(9)4-6;1-2-8-6-4-3-5-7-8/h7-8H,4-6H2,1-3H3;2-4H,1H3;3-7H,2H2,1H3. The second-order valence-corrected chi connectivity index (χ2v) is 7.97. The van der Waals surface area contributed by atoms with Gasteiger partial charge in [0.05, 0.1) is 10.6 Å². The van der Waals surface area contributed by atoms with E-state index in [4.69, 9.17) is 16.9 Å². The number of carbonyl (C=O) groups is 1. The van der Waals surface area contributed by atoms with E-state index in [1.807, 2.05) is 37.1 Å². The van der Waals surface area contributed by atoms with Crippen molar-refractivity contribution in [2.24, 2.45) is 11.8 Å². The van der Waals surface area contributed by atoms with Gasteiger partial charge in [0.15, 0.2) is 0 Å². The summed E-state index contributed by atoms with van der Waals surface area (Å²) < 4.78 is 0. The normalized spacial score (nSPS) is 16.1. The Labute approximate surface area is 181 Å². The number of benzene rings is 2. The van der Waals surface area contributed by atoms with Crippen molar-refractivity contribution in [3.8, 4) is 6.07 Å². The minimum atomic E-state index is 0.315. The van der Waals surface area contributed by atoms with Crippen LogP contribution in [0.2, 0.25) is 5.02 Å². The molecule has 156 valence electrons. The lowest BCUT2D eigenvalue weighted by molar-refractivity contribution is -0.126. The van der Waals surface area contributed by atoms with Gasteiger partial charge < -0.3 is 4.90 Å². The summed E-state index contributed by atoms with van der Waals surface area (Å²) in [5, 5.41) is 9.00. The first kappa shape index (κ1) is 24.7. The zero-order valence-electron chi connectivity index (χ0n) is 18.3. The van der Waals surface area contributed by atoms with E-state index in [0.29, 0.717) is 28.3 Å². The topological polar surface area (TPSA) is 44.1 Å². The Kier molecular flexibility index (Phi) is 11.1. The number of carbonyl (C=O) groups excluding carboxylic acids is 1. The third kappa shape index (κ3) is 8.71. The van der Waals surface area contributed by atoms with Crippen LogP contribution >= 0.6 is 11.6 Å². The lowest BCUT2D eigenvalue weighted by Crippen LogP contribution is -2.20. The second-order valence-electron chi connectivity index (χ2n) is 7.56. The Bertz CT molecular complexity index is 798. The fourth-order valence-electron chi connectivity index (χ4n) is 3.04. The quantitative estimate of drug-likeness (QED) is 0.595. The van der Waals surface area contributed by atoms with Gasteiger partial charge in [-0.05, 0) is 48.4 Å². The molecule has 0 bridgehead atoms. The number of hydrogen-bond donors (Lipinski definition) is 0. The van der Waals surface area contributed by atoms with Gasteiger partial charge in [0, 0.05) is 20.0 Å². The largest absolute Gasteiger partial charge is 0.345 e. The molecule has 4 heteroatoms. The van der Waals surface area contributed by atoms with Crippen LogP contribution in [0.4, 0.5) is 0 Å². The van der Waals surface area contributed by atoms with Crippen LogP contribution in [0.3, 0.4) is 0 Å². The molecule has 1 aliphatic heterocycles. The average Bonchev–Trinajstić information content (AvgIpc) is 3.07. The van der Waals surface area contributed by atoms with Crippen LogP contribution in [0.25, 0.3) is 0 Å². The third-order valence-electron chi connectivity index (χ3n) is 5.32. The van der Waals surface area contributed by atoms with Crippen LogP contribution in [0.5, 0.6) is 0 Å². The fraction of sp³-hybridized carbons (Fsp3) is 0.440. The van der Waals surface area contributed by atoms with Crippen molar-refractivity contribution >= 4 is 17.5 Å². The highest BCUT2D eigenvalue weighted by atomic mass is 35.5. The maximum absolute atomic E-state index is 11.1. The Hall–Kier alpha value is -2.31. The van der Waals surface area contributed by atoms with Gasteiger partial charge in [-0.3, -0.25) is 4.79 Å². The summed E-state index contributed by atoms with van der Waals surface area (Å²) in [7, 11) is 1.89. The minimum absolute atomic E-state index is 0.315. The molecule has 3 nitrogen and oxygen atoms in total. The highest BCUT2D eigenvalue weighted by Crippen LogP contribution is 2.25. The molecular weight excluding hydrogens is 380 g/mol. The molecule has 0 radical (unpaired) electrons. The van der Waals surface area contributed by atoms with Crippen LogP contribution in [-0.4, -0.2) is 24.4 Å². The molecule has 1 saturated heterocycles. The van der Waals surface area contributed by atoms with Gasteiger partial charge in [-0.15, -0.1) is 0 Å². The van der Waals surface area contributed by atoms with Gasteiger partial charge in [0.1, 0.15) is 6.07 Å². The number of likely N-dealkylation sites (tertiary alicyclic amines) is 1. The lowest BCUT2D eigenvalue weighted by Gasteiger charge is -2.15. The summed E-state index contributed by atoms with van der Waals surface area (Å²) in [5.74, 6) is 1.62. The summed E-state index contributed by atoms with van der Waals surface area (Å²) in [5.41, 5.74) is 3.02. The van der Waals surface area contributed by atoms with Crippen molar-refractivity contribution in [1.82, 2.24) is 4.90 Å². The molecule has 1 amide bonds. The zero-order chi connectivity index (χ0) is 21.8. The molecule has 0 aromatic heterocycles. The highest BCUT2D eigenvalue weighted by Gasteiger charge is 2.29. The maximum Gasteiger partial charge on any atom is 0.222 e. The van der Waals surface area contributed by atoms with Crippen molar-refractivity contribution in [2.45, 2.75) is 47.0 Å². The predicted molar refractivity (Wildman–Crippen MR) is 122 cm³/mol. The molecule has 0 N–H and O–H groups in total. The van der Waals surface area contributed by atoms with E-state index in [9.17, 15) is 4.79 Å². The maximum atomic E-state index is 11.1. The highest BCUT2D eigenvalue weighted by molar-refractivity contribution is 6.31. The number of hydrogen-bond acceptors (Lipinski definition) is 2.